The van der Waals surface area contributed by atoms with Crippen LogP contribution in [0.3, 0.4) is 0 Å². The molecule has 0 aliphatic rings. The number of fused-ring (bicyclic) bond motifs is 1. The van der Waals surface area contributed by atoms with Crippen molar-refractivity contribution in [3.05, 3.63) is 40.2 Å². The Kier molecular flexibility index (Phi) is 2.00. The van der Waals surface area contributed by atoms with E-state index in [4.69, 9.17) is 0 Å². The number of pyridine rings is 1. The molecule has 0 aliphatic carbocycles. The lowest BCUT2D eigenvalue weighted by atomic mass is 10.1. The number of hydrogen-bond donors (Lipinski definition) is 2. The van der Waals surface area contributed by atoms with Gasteiger partial charge in [-0.05, 0) is 18.6 Å². The first-order valence-electron chi connectivity index (χ1n) is 4.57. The van der Waals surface area contributed by atoms with Crippen molar-refractivity contribution >= 4 is 10.9 Å². The van der Waals surface area contributed by atoms with Crippen LogP contribution < -0.4 is 5.56 Å². The van der Waals surface area contributed by atoms with Crippen molar-refractivity contribution in [2.75, 3.05) is 0 Å². The van der Waals surface area contributed by atoms with Crippen LogP contribution in [0.4, 0.5) is 0 Å². The number of para-hydroxylation sites is 1. The van der Waals surface area contributed by atoms with Gasteiger partial charge in [-0.15, -0.1) is 0 Å². The number of rotatable bonds is 1. The number of hydrogen-bond acceptors (Lipinski definition) is 2. The van der Waals surface area contributed by atoms with Gasteiger partial charge in [-0.25, -0.2) is 0 Å². The van der Waals surface area contributed by atoms with Crippen LogP contribution in [0.25, 0.3) is 10.9 Å². The molecule has 0 saturated heterocycles. The minimum Gasteiger partial charge on any atom is -0.507 e. The molecule has 2 rings (SSSR count). The van der Waals surface area contributed by atoms with Crippen molar-refractivity contribution in [1.29, 1.82) is 0 Å². The Bertz CT molecular complexity index is 528. The average Bonchev–Trinajstić information content (AvgIpc) is 2.18. The summed E-state index contributed by atoms with van der Waals surface area (Å²) >= 11 is 0. The summed E-state index contributed by atoms with van der Waals surface area (Å²) in [6.07, 6.45) is 0.534. The lowest BCUT2D eigenvalue weighted by Crippen LogP contribution is -2.11. The van der Waals surface area contributed by atoms with Gasteiger partial charge >= 0.3 is 0 Å². The van der Waals surface area contributed by atoms with Crippen molar-refractivity contribution in [3.63, 3.8) is 0 Å². The maximum Gasteiger partial charge on any atom is 0.255 e. The fourth-order valence-electron chi connectivity index (χ4n) is 1.59. The molecule has 72 valence electrons. The van der Waals surface area contributed by atoms with Crippen molar-refractivity contribution < 1.29 is 5.11 Å². The van der Waals surface area contributed by atoms with Crippen LogP contribution in [-0.2, 0) is 6.42 Å². The average molecular weight is 189 g/mol. The van der Waals surface area contributed by atoms with Crippen LogP contribution in [0.1, 0.15) is 12.5 Å². The number of aromatic hydroxyl groups is 1. The lowest BCUT2D eigenvalue weighted by molar-refractivity contribution is 0.473. The standard InChI is InChI=1S/C11H11NO2/c1-2-7-10(13)8-5-3-4-6-9(8)12-11(7)14/h3-6H,2H2,1H3,(H2,12,13,14). The molecule has 0 fully saturated rings. The minimum atomic E-state index is -0.205. The van der Waals surface area contributed by atoms with E-state index in [1.165, 1.54) is 0 Å². The zero-order valence-corrected chi connectivity index (χ0v) is 7.87. The third kappa shape index (κ3) is 1.18. The number of nitrogens with one attached hydrogen (secondary N) is 1. The summed E-state index contributed by atoms with van der Waals surface area (Å²) in [4.78, 5) is 14.2. The molecule has 0 bridgehead atoms. The van der Waals surface area contributed by atoms with Crippen LogP contribution >= 0.6 is 0 Å². The molecule has 3 nitrogen and oxygen atoms in total. The van der Waals surface area contributed by atoms with Gasteiger partial charge in [0.05, 0.1) is 11.1 Å². The third-order valence-electron chi connectivity index (χ3n) is 2.34. The van der Waals surface area contributed by atoms with E-state index in [0.717, 1.165) is 0 Å². The number of H-pyrrole nitrogens is 1. The van der Waals surface area contributed by atoms with Crippen LogP contribution in [0.15, 0.2) is 29.1 Å². The molecule has 2 aromatic rings. The van der Waals surface area contributed by atoms with Gasteiger partial charge in [0.15, 0.2) is 0 Å². The first-order chi connectivity index (χ1) is 6.74. The molecule has 0 atom stereocenters. The van der Waals surface area contributed by atoms with E-state index in [-0.39, 0.29) is 11.3 Å². The highest BCUT2D eigenvalue weighted by atomic mass is 16.3. The van der Waals surface area contributed by atoms with Gasteiger partial charge in [-0.1, -0.05) is 19.1 Å². The first kappa shape index (κ1) is 8.81. The molecular formula is C11H11NO2. The molecule has 0 spiro atoms. The van der Waals surface area contributed by atoms with Gasteiger partial charge in [-0.3, -0.25) is 4.79 Å². The molecule has 1 aromatic carbocycles. The van der Waals surface area contributed by atoms with Crippen LogP contribution in [0.5, 0.6) is 5.75 Å². The van der Waals surface area contributed by atoms with E-state index >= 15 is 0 Å². The number of benzene rings is 1. The molecule has 0 amide bonds. The van der Waals surface area contributed by atoms with E-state index in [1.807, 2.05) is 19.1 Å². The summed E-state index contributed by atoms with van der Waals surface area (Å²) in [6.45, 7) is 1.85. The molecule has 0 radical (unpaired) electrons. The Morgan fingerprint density at radius 3 is 2.79 bits per heavy atom. The summed E-state index contributed by atoms with van der Waals surface area (Å²) < 4.78 is 0. The highest BCUT2D eigenvalue weighted by Crippen LogP contribution is 2.24. The number of aromatic nitrogens is 1. The van der Waals surface area contributed by atoms with Gasteiger partial charge in [-0.2, -0.15) is 0 Å². The van der Waals surface area contributed by atoms with E-state index < -0.39 is 0 Å². The predicted octanol–water partition coefficient (Wildman–Crippen LogP) is 1.80. The smallest absolute Gasteiger partial charge is 0.255 e. The molecular weight excluding hydrogens is 178 g/mol. The Balaban J connectivity index is 2.93. The summed E-state index contributed by atoms with van der Waals surface area (Å²) in [5.74, 6) is 0.104. The highest BCUT2D eigenvalue weighted by Gasteiger charge is 2.08. The minimum absolute atomic E-state index is 0.104. The lowest BCUT2D eigenvalue weighted by Gasteiger charge is -2.04. The van der Waals surface area contributed by atoms with Crippen LogP contribution in [0.2, 0.25) is 0 Å². The van der Waals surface area contributed by atoms with Gasteiger partial charge in [0.1, 0.15) is 5.75 Å². The summed E-state index contributed by atoms with van der Waals surface area (Å²) in [7, 11) is 0. The maximum atomic E-state index is 11.5. The second-order valence-corrected chi connectivity index (χ2v) is 3.18. The molecule has 0 saturated carbocycles. The summed E-state index contributed by atoms with van der Waals surface area (Å²) in [5.41, 5.74) is 0.916. The second kappa shape index (κ2) is 3.18. The molecule has 3 heteroatoms. The molecule has 1 aromatic heterocycles. The Labute approximate surface area is 81.0 Å². The molecule has 0 unspecified atom stereocenters. The zero-order valence-electron chi connectivity index (χ0n) is 7.87. The Morgan fingerprint density at radius 2 is 2.07 bits per heavy atom. The van der Waals surface area contributed by atoms with Gasteiger partial charge < -0.3 is 10.1 Å². The van der Waals surface area contributed by atoms with Gasteiger partial charge in [0, 0.05) is 5.39 Å². The summed E-state index contributed by atoms with van der Waals surface area (Å²) in [6, 6.07) is 7.22. The van der Waals surface area contributed by atoms with E-state index in [2.05, 4.69) is 4.98 Å². The van der Waals surface area contributed by atoms with Crippen molar-refractivity contribution in [2.24, 2.45) is 0 Å². The molecule has 0 aliphatic heterocycles. The van der Waals surface area contributed by atoms with E-state index in [9.17, 15) is 9.90 Å². The molecule has 2 N–H and O–H groups in total. The Hall–Kier alpha value is -1.77. The predicted molar refractivity (Wildman–Crippen MR) is 55.6 cm³/mol. The maximum absolute atomic E-state index is 11.5. The highest BCUT2D eigenvalue weighted by molar-refractivity contribution is 5.85. The normalized spacial score (nSPS) is 10.6. The quantitative estimate of drug-likeness (QED) is 0.718. The van der Waals surface area contributed by atoms with Crippen molar-refractivity contribution in [2.45, 2.75) is 13.3 Å². The van der Waals surface area contributed by atoms with Gasteiger partial charge in [0.25, 0.3) is 5.56 Å². The van der Waals surface area contributed by atoms with Crippen LogP contribution in [0, 0.1) is 0 Å². The second-order valence-electron chi connectivity index (χ2n) is 3.18. The number of aromatic amines is 1. The van der Waals surface area contributed by atoms with E-state index in [1.54, 1.807) is 12.1 Å². The van der Waals surface area contributed by atoms with Crippen molar-refractivity contribution in [3.8, 4) is 5.75 Å². The monoisotopic (exact) mass is 189 g/mol. The zero-order chi connectivity index (χ0) is 10.1. The molecule has 1 heterocycles. The van der Waals surface area contributed by atoms with Crippen molar-refractivity contribution in [1.82, 2.24) is 4.98 Å². The fraction of sp³-hybridized carbons (Fsp3) is 0.182. The summed E-state index contributed by atoms with van der Waals surface area (Å²) in [5, 5.41) is 10.5. The molecule has 14 heavy (non-hydrogen) atoms. The SMILES string of the molecule is CCc1c(O)c2ccccc2[nH]c1=O. The third-order valence-corrected chi connectivity index (χ3v) is 2.34. The van der Waals surface area contributed by atoms with Crippen LogP contribution in [-0.4, -0.2) is 10.1 Å². The largest absolute Gasteiger partial charge is 0.507 e. The fourth-order valence-corrected chi connectivity index (χ4v) is 1.59. The van der Waals surface area contributed by atoms with Gasteiger partial charge in [0.2, 0.25) is 0 Å². The first-order valence-corrected chi connectivity index (χ1v) is 4.57. The Morgan fingerprint density at radius 1 is 1.36 bits per heavy atom. The van der Waals surface area contributed by atoms with E-state index in [0.29, 0.717) is 22.9 Å². The topological polar surface area (TPSA) is 53.1 Å².